The number of hydrogen-bond acceptors (Lipinski definition) is 4. The van der Waals surface area contributed by atoms with Gasteiger partial charge in [-0.1, -0.05) is 38.5 Å². The topological polar surface area (TPSA) is 74.6 Å². The Morgan fingerprint density at radius 3 is 2.42 bits per heavy atom. The fraction of sp³-hybridized carbons (Fsp3) is 0.700. The molecular formula is C20H30O4. The molecule has 0 amide bonds. The molecular weight excluding hydrogens is 304 g/mol. The number of carbonyl (C=O) groups is 2. The van der Waals surface area contributed by atoms with Crippen LogP contribution in [0.15, 0.2) is 23.3 Å². The van der Waals surface area contributed by atoms with E-state index in [4.69, 9.17) is 0 Å². The number of aliphatic hydroxyl groups excluding tert-OH is 1. The lowest BCUT2D eigenvalue weighted by atomic mass is 9.77. The Hall–Kier alpha value is -1.26. The molecule has 0 saturated heterocycles. The number of rotatable bonds is 0. The average Bonchev–Trinajstić information content (AvgIpc) is 2.73. The van der Waals surface area contributed by atoms with Crippen LogP contribution in [0, 0.1) is 17.3 Å². The molecule has 2 aliphatic rings. The summed E-state index contributed by atoms with van der Waals surface area (Å²) in [4.78, 5) is 25.4. The van der Waals surface area contributed by atoms with Crippen LogP contribution >= 0.6 is 0 Å². The van der Waals surface area contributed by atoms with Gasteiger partial charge in [-0.2, -0.15) is 0 Å². The van der Waals surface area contributed by atoms with Crippen molar-refractivity contribution in [3.05, 3.63) is 23.3 Å². The lowest BCUT2D eigenvalue weighted by Gasteiger charge is -2.30. The van der Waals surface area contributed by atoms with E-state index >= 15 is 0 Å². The second-order valence-corrected chi connectivity index (χ2v) is 8.36. The molecule has 0 bridgehead atoms. The number of aliphatic hydroxyl groups is 2. The van der Waals surface area contributed by atoms with Crippen molar-refractivity contribution in [1.29, 1.82) is 0 Å². The number of ketones is 2. The van der Waals surface area contributed by atoms with Gasteiger partial charge in [0, 0.05) is 17.8 Å². The van der Waals surface area contributed by atoms with Gasteiger partial charge in [0.05, 0.1) is 6.10 Å². The molecule has 2 aliphatic carbocycles. The van der Waals surface area contributed by atoms with Crippen LogP contribution in [0.2, 0.25) is 0 Å². The third-order valence-corrected chi connectivity index (χ3v) is 5.77. The molecule has 1 fully saturated rings. The number of fused-ring (bicyclic) bond motifs is 1. The summed E-state index contributed by atoms with van der Waals surface area (Å²) in [6.07, 6.45) is 4.58. The van der Waals surface area contributed by atoms with Crippen LogP contribution in [0.4, 0.5) is 0 Å². The highest BCUT2D eigenvalue weighted by atomic mass is 16.3. The summed E-state index contributed by atoms with van der Waals surface area (Å²) in [7, 11) is 0. The predicted octanol–water partition coefficient (Wildman–Crippen LogP) is 2.98. The molecule has 4 heteroatoms. The van der Waals surface area contributed by atoms with E-state index < -0.39 is 23.0 Å². The second-order valence-electron chi connectivity index (χ2n) is 8.36. The van der Waals surface area contributed by atoms with Crippen molar-refractivity contribution in [3.63, 3.8) is 0 Å². The highest BCUT2D eigenvalue weighted by Crippen LogP contribution is 2.43. The molecule has 2 N–H and O–H groups in total. The summed E-state index contributed by atoms with van der Waals surface area (Å²) in [5.41, 5.74) is -0.679. The quantitative estimate of drug-likeness (QED) is 0.668. The lowest BCUT2D eigenvalue weighted by molar-refractivity contribution is -0.137. The van der Waals surface area contributed by atoms with Gasteiger partial charge in [-0.05, 0) is 44.6 Å². The Bertz CT molecular complexity index is 599. The van der Waals surface area contributed by atoms with Crippen molar-refractivity contribution in [3.8, 4) is 0 Å². The summed E-state index contributed by atoms with van der Waals surface area (Å²) < 4.78 is 0. The highest BCUT2D eigenvalue weighted by molar-refractivity contribution is 6.02. The molecule has 4 nitrogen and oxygen atoms in total. The van der Waals surface area contributed by atoms with E-state index in [0.29, 0.717) is 24.8 Å². The van der Waals surface area contributed by atoms with Crippen LogP contribution in [-0.4, -0.2) is 33.5 Å². The summed E-state index contributed by atoms with van der Waals surface area (Å²) >= 11 is 0. The van der Waals surface area contributed by atoms with E-state index in [1.54, 1.807) is 19.1 Å². The van der Waals surface area contributed by atoms with Gasteiger partial charge in [-0.15, -0.1) is 0 Å². The minimum atomic E-state index is -1.56. The Kier molecular flexibility index (Phi) is 5.22. The third-order valence-electron chi connectivity index (χ3n) is 5.77. The van der Waals surface area contributed by atoms with E-state index in [2.05, 4.69) is 0 Å². The predicted molar refractivity (Wildman–Crippen MR) is 93.4 cm³/mol. The maximum Gasteiger partial charge on any atom is 0.190 e. The average molecular weight is 334 g/mol. The maximum atomic E-state index is 12.9. The van der Waals surface area contributed by atoms with Gasteiger partial charge in [-0.3, -0.25) is 9.59 Å². The molecule has 1 saturated carbocycles. The van der Waals surface area contributed by atoms with Crippen LogP contribution in [0.25, 0.3) is 0 Å². The molecule has 0 aromatic rings. The number of hydrogen-bond donors (Lipinski definition) is 2. The summed E-state index contributed by atoms with van der Waals surface area (Å²) in [6.45, 7) is 9.24. The maximum absolute atomic E-state index is 12.9. The zero-order valence-corrected chi connectivity index (χ0v) is 15.4. The Labute approximate surface area is 144 Å². The Morgan fingerprint density at radius 1 is 1.17 bits per heavy atom. The van der Waals surface area contributed by atoms with E-state index in [9.17, 15) is 19.8 Å². The molecule has 0 unspecified atom stereocenters. The number of Topliss-reactive ketones (excluding diaryl/α,β-unsaturated/α-hetero) is 2. The minimum absolute atomic E-state index is 0.149. The molecule has 4 atom stereocenters. The fourth-order valence-corrected chi connectivity index (χ4v) is 3.86. The van der Waals surface area contributed by atoms with E-state index in [1.807, 2.05) is 27.7 Å². The zero-order valence-electron chi connectivity index (χ0n) is 15.4. The summed E-state index contributed by atoms with van der Waals surface area (Å²) in [6, 6.07) is 0. The smallest absolute Gasteiger partial charge is 0.190 e. The van der Waals surface area contributed by atoms with Crippen molar-refractivity contribution in [1.82, 2.24) is 0 Å². The largest absolute Gasteiger partial charge is 0.392 e. The molecule has 0 aliphatic heterocycles. The molecule has 0 spiro atoms. The van der Waals surface area contributed by atoms with Gasteiger partial charge in [-0.25, -0.2) is 0 Å². The van der Waals surface area contributed by atoms with E-state index in [-0.39, 0.29) is 23.9 Å². The monoisotopic (exact) mass is 334 g/mol. The Morgan fingerprint density at radius 2 is 1.79 bits per heavy atom. The van der Waals surface area contributed by atoms with Crippen molar-refractivity contribution in [2.75, 3.05) is 0 Å². The first kappa shape index (κ1) is 19.1. The first-order valence-electron chi connectivity index (χ1n) is 8.81. The lowest BCUT2D eigenvalue weighted by Crippen LogP contribution is -2.44. The van der Waals surface area contributed by atoms with Crippen molar-refractivity contribution < 1.29 is 19.8 Å². The normalized spacial score (nSPS) is 42.2. The highest BCUT2D eigenvalue weighted by Gasteiger charge is 2.54. The van der Waals surface area contributed by atoms with Crippen molar-refractivity contribution in [2.45, 2.75) is 72.0 Å². The molecule has 2 rings (SSSR count). The molecule has 0 heterocycles. The van der Waals surface area contributed by atoms with Gasteiger partial charge >= 0.3 is 0 Å². The van der Waals surface area contributed by atoms with Gasteiger partial charge in [0.1, 0.15) is 11.4 Å². The van der Waals surface area contributed by atoms with Crippen LogP contribution < -0.4 is 0 Å². The first-order chi connectivity index (χ1) is 11.0. The van der Waals surface area contributed by atoms with Gasteiger partial charge in [0.25, 0.3) is 0 Å². The standard InChI is InChI=1S/C20H30O4/c1-12-6-7-16(21)19(4,5)9-8-13(2)18(23)20(24)11-14(3)17(22)15(20)10-12/h8,10,14-15,17,22,24H,6-7,9,11H2,1-5H3/b12-10+,13-8+/t14-,15-,17+,20+/m0/s1. The van der Waals surface area contributed by atoms with Crippen molar-refractivity contribution >= 4 is 11.6 Å². The summed E-state index contributed by atoms with van der Waals surface area (Å²) in [5.74, 6) is -0.929. The fourth-order valence-electron chi connectivity index (χ4n) is 3.86. The van der Waals surface area contributed by atoms with Crippen molar-refractivity contribution in [2.24, 2.45) is 17.3 Å². The van der Waals surface area contributed by atoms with Crippen LogP contribution in [0.1, 0.15) is 60.3 Å². The SMILES string of the molecule is C/C1=C\[C@H]2[C@H](O)[C@@H](C)C[C@]2(O)C(=O)/C(C)=C/CC(C)(C)C(=O)CC1. The van der Waals surface area contributed by atoms with Gasteiger partial charge < -0.3 is 10.2 Å². The van der Waals surface area contributed by atoms with E-state index in [0.717, 1.165) is 5.57 Å². The van der Waals surface area contributed by atoms with E-state index in [1.165, 1.54) is 0 Å². The van der Waals surface area contributed by atoms with Gasteiger partial charge in [0.2, 0.25) is 0 Å². The third kappa shape index (κ3) is 3.40. The van der Waals surface area contributed by atoms with Crippen LogP contribution in [0.5, 0.6) is 0 Å². The molecule has 24 heavy (non-hydrogen) atoms. The molecule has 0 aromatic carbocycles. The number of allylic oxidation sites excluding steroid dienone is 2. The van der Waals surface area contributed by atoms with Crippen LogP contribution in [-0.2, 0) is 9.59 Å². The number of carbonyl (C=O) groups excluding carboxylic acids is 2. The molecule has 134 valence electrons. The minimum Gasteiger partial charge on any atom is -0.392 e. The molecule has 0 aromatic heterocycles. The summed E-state index contributed by atoms with van der Waals surface area (Å²) in [5, 5.41) is 21.6. The Balaban J connectivity index is 2.49. The molecule has 0 radical (unpaired) electrons. The first-order valence-corrected chi connectivity index (χ1v) is 8.81. The van der Waals surface area contributed by atoms with Gasteiger partial charge in [0.15, 0.2) is 5.78 Å². The zero-order chi connectivity index (χ0) is 18.3. The second kappa shape index (κ2) is 6.57. The van der Waals surface area contributed by atoms with Crippen LogP contribution in [0.3, 0.4) is 0 Å².